The molecule has 0 aliphatic carbocycles. The summed E-state index contributed by atoms with van der Waals surface area (Å²) in [6.45, 7) is 4.25. The zero-order valence-electron chi connectivity index (χ0n) is 11.0. The molecule has 2 heterocycles. The summed E-state index contributed by atoms with van der Waals surface area (Å²) in [5, 5.41) is 11.5. The van der Waals surface area contributed by atoms with E-state index in [0.29, 0.717) is 0 Å². The van der Waals surface area contributed by atoms with Gasteiger partial charge >= 0.3 is 0 Å². The van der Waals surface area contributed by atoms with E-state index < -0.39 is 0 Å². The molecule has 0 saturated heterocycles. The van der Waals surface area contributed by atoms with Gasteiger partial charge in [0.25, 0.3) is 0 Å². The second-order valence-corrected chi connectivity index (χ2v) is 5.05. The molecule has 0 saturated carbocycles. The fraction of sp³-hybridized carbons (Fsp3) is 0.200. The van der Waals surface area contributed by atoms with Gasteiger partial charge in [0.05, 0.1) is 16.6 Å². The Balaban J connectivity index is 0.000000408. The van der Waals surface area contributed by atoms with Crippen LogP contribution in [0.2, 0.25) is 0 Å². The van der Waals surface area contributed by atoms with Gasteiger partial charge in [0, 0.05) is 23.2 Å². The van der Waals surface area contributed by atoms with Crippen molar-refractivity contribution in [2.45, 2.75) is 20.3 Å². The molecule has 3 nitrogen and oxygen atoms in total. The van der Waals surface area contributed by atoms with Crippen LogP contribution in [0.25, 0.3) is 21.2 Å². The van der Waals surface area contributed by atoms with Crippen molar-refractivity contribution in [3.63, 3.8) is 0 Å². The Labute approximate surface area is 116 Å². The van der Waals surface area contributed by atoms with Gasteiger partial charge in [0.15, 0.2) is 0 Å². The van der Waals surface area contributed by atoms with Crippen LogP contribution in [0.15, 0.2) is 42.3 Å². The summed E-state index contributed by atoms with van der Waals surface area (Å²) in [5.41, 5.74) is 2.86. The van der Waals surface area contributed by atoms with E-state index in [2.05, 4.69) is 23.8 Å². The summed E-state index contributed by atoms with van der Waals surface area (Å²) in [6.07, 6.45) is 6.27. The number of fused-ring (bicyclic) bond motifs is 1. The van der Waals surface area contributed by atoms with E-state index >= 15 is 0 Å². The quantitative estimate of drug-likeness (QED) is 0.710. The van der Waals surface area contributed by atoms with Crippen molar-refractivity contribution in [3.05, 3.63) is 42.3 Å². The highest BCUT2D eigenvalue weighted by atomic mass is 32.1. The monoisotopic (exact) mass is 272 g/mol. The van der Waals surface area contributed by atoms with Gasteiger partial charge in [0.2, 0.25) is 0 Å². The predicted molar refractivity (Wildman–Crippen MR) is 80.5 cm³/mol. The van der Waals surface area contributed by atoms with Crippen molar-refractivity contribution < 1.29 is 5.11 Å². The molecular formula is C15H16N2OS. The van der Waals surface area contributed by atoms with E-state index in [4.69, 9.17) is 0 Å². The molecule has 0 spiro atoms. The van der Waals surface area contributed by atoms with Gasteiger partial charge in [-0.15, -0.1) is 11.3 Å². The minimum atomic E-state index is 0.212. The molecule has 1 aromatic carbocycles. The lowest BCUT2D eigenvalue weighted by atomic mass is 10.1. The molecule has 0 atom stereocenters. The molecule has 0 unspecified atom stereocenters. The molecule has 98 valence electrons. The molecule has 0 amide bonds. The summed E-state index contributed by atoms with van der Waals surface area (Å²) in [6, 6.07) is 5.92. The van der Waals surface area contributed by atoms with Crippen LogP contribution >= 0.6 is 11.3 Å². The van der Waals surface area contributed by atoms with E-state index in [1.54, 1.807) is 23.0 Å². The standard InChI is InChI=1S/C12H8N2OS.C3H8/c15-11-5-13-4-9-2-1-8(3-10(9)11)12-6-14-7-16-12;1-3-2/h1-7,15H;3H2,1-2H3. The Morgan fingerprint density at radius 2 is 1.89 bits per heavy atom. The van der Waals surface area contributed by atoms with Crippen molar-refractivity contribution in [2.75, 3.05) is 0 Å². The average molecular weight is 272 g/mol. The highest BCUT2D eigenvalue weighted by Gasteiger charge is 2.04. The molecule has 19 heavy (non-hydrogen) atoms. The van der Waals surface area contributed by atoms with Gasteiger partial charge in [-0.3, -0.25) is 9.97 Å². The number of rotatable bonds is 1. The molecular weight excluding hydrogens is 256 g/mol. The zero-order chi connectivity index (χ0) is 13.7. The summed E-state index contributed by atoms with van der Waals surface area (Å²) in [5.74, 6) is 0.212. The lowest BCUT2D eigenvalue weighted by Crippen LogP contribution is -1.79. The van der Waals surface area contributed by atoms with Gasteiger partial charge in [0.1, 0.15) is 5.75 Å². The molecule has 0 bridgehead atoms. The van der Waals surface area contributed by atoms with E-state index in [1.165, 1.54) is 12.6 Å². The number of thiazole rings is 1. The lowest BCUT2D eigenvalue weighted by Gasteiger charge is -2.02. The fourth-order valence-corrected chi connectivity index (χ4v) is 2.28. The Morgan fingerprint density at radius 1 is 1.11 bits per heavy atom. The number of aromatic hydroxyl groups is 1. The van der Waals surface area contributed by atoms with Crippen LogP contribution in [0.3, 0.4) is 0 Å². The number of benzene rings is 1. The molecule has 0 fully saturated rings. The number of nitrogens with zero attached hydrogens (tertiary/aromatic N) is 2. The first kappa shape index (κ1) is 13.5. The Bertz CT molecular complexity index is 650. The number of hydrogen-bond donors (Lipinski definition) is 1. The molecule has 2 aromatic heterocycles. The summed E-state index contributed by atoms with van der Waals surface area (Å²) in [7, 11) is 0. The van der Waals surface area contributed by atoms with Gasteiger partial charge in [-0.05, 0) is 11.6 Å². The van der Waals surface area contributed by atoms with Gasteiger partial charge < -0.3 is 5.11 Å². The maximum atomic E-state index is 9.72. The van der Waals surface area contributed by atoms with Crippen LogP contribution in [0, 0.1) is 0 Å². The molecule has 0 aliphatic heterocycles. The van der Waals surface area contributed by atoms with Crippen molar-refractivity contribution in [1.82, 2.24) is 9.97 Å². The minimum absolute atomic E-state index is 0.212. The highest BCUT2D eigenvalue weighted by Crippen LogP contribution is 2.30. The van der Waals surface area contributed by atoms with Crippen LogP contribution in [-0.4, -0.2) is 15.1 Å². The van der Waals surface area contributed by atoms with E-state index in [0.717, 1.165) is 21.2 Å². The second kappa shape index (κ2) is 6.29. The molecule has 1 N–H and O–H groups in total. The smallest absolute Gasteiger partial charge is 0.141 e. The fourth-order valence-electron chi connectivity index (χ4n) is 1.66. The van der Waals surface area contributed by atoms with Crippen LogP contribution in [0.5, 0.6) is 5.75 Å². The van der Waals surface area contributed by atoms with Crippen LogP contribution in [0.1, 0.15) is 20.3 Å². The molecule has 0 radical (unpaired) electrons. The SMILES string of the molecule is CCC.Oc1cncc2ccc(-c3cncs3)cc12. The number of aromatic nitrogens is 2. The largest absolute Gasteiger partial charge is 0.506 e. The number of hydrogen-bond acceptors (Lipinski definition) is 4. The maximum absolute atomic E-state index is 9.72. The number of pyridine rings is 1. The third-order valence-electron chi connectivity index (χ3n) is 2.46. The molecule has 0 aliphatic rings. The van der Waals surface area contributed by atoms with Crippen molar-refractivity contribution in [3.8, 4) is 16.2 Å². The van der Waals surface area contributed by atoms with Crippen molar-refractivity contribution in [2.24, 2.45) is 0 Å². The minimum Gasteiger partial charge on any atom is -0.506 e. The molecule has 3 rings (SSSR count). The summed E-state index contributed by atoms with van der Waals surface area (Å²) < 4.78 is 0. The first-order valence-corrected chi connectivity index (χ1v) is 7.09. The predicted octanol–water partition coefficient (Wildman–Crippen LogP) is 4.48. The maximum Gasteiger partial charge on any atom is 0.141 e. The van der Waals surface area contributed by atoms with E-state index in [-0.39, 0.29) is 5.75 Å². The highest BCUT2D eigenvalue weighted by molar-refractivity contribution is 7.13. The van der Waals surface area contributed by atoms with Crippen LogP contribution in [0.4, 0.5) is 0 Å². The third-order valence-corrected chi connectivity index (χ3v) is 3.28. The van der Waals surface area contributed by atoms with Crippen LogP contribution < -0.4 is 0 Å². The van der Waals surface area contributed by atoms with Crippen LogP contribution in [-0.2, 0) is 0 Å². The zero-order valence-corrected chi connectivity index (χ0v) is 11.8. The summed E-state index contributed by atoms with van der Waals surface area (Å²) in [4.78, 5) is 9.09. The second-order valence-electron chi connectivity index (χ2n) is 4.17. The topological polar surface area (TPSA) is 46.0 Å². The van der Waals surface area contributed by atoms with Crippen molar-refractivity contribution in [1.29, 1.82) is 0 Å². The Kier molecular flexibility index (Phi) is 4.47. The van der Waals surface area contributed by atoms with Gasteiger partial charge in [-0.25, -0.2) is 0 Å². The van der Waals surface area contributed by atoms with E-state index in [1.807, 2.05) is 24.4 Å². The first-order valence-electron chi connectivity index (χ1n) is 6.21. The Hall–Kier alpha value is -1.94. The van der Waals surface area contributed by atoms with Gasteiger partial charge in [-0.1, -0.05) is 32.4 Å². The third kappa shape index (κ3) is 3.09. The van der Waals surface area contributed by atoms with Crippen molar-refractivity contribution >= 4 is 22.1 Å². The molecule has 3 aromatic rings. The first-order chi connectivity index (χ1) is 9.26. The lowest BCUT2D eigenvalue weighted by molar-refractivity contribution is 0.479. The average Bonchev–Trinajstić information content (AvgIpc) is 2.94. The van der Waals surface area contributed by atoms with Gasteiger partial charge in [-0.2, -0.15) is 0 Å². The van der Waals surface area contributed by atoms with E-state index in [9.17, 15) is 5.11 Å². The Morgan fingerprint density at radius 3 is 2.58 bits per heavy atom. The summed E-state index contributed by atoms with van der Waals surface area (Å²) >= 11 is 1.58. The molecule has 4 heteroatoms. The normalized spacial score (nSPS) is 10.0.